The molecule has 0 radical (unpaired) electrons. The molecule has 0 fully saturated rings. The van der Waals surface area contributed by atoms with Gasteiger partial charge in [0.25, 0.3) is 5.91 Å². The number of nitrogens with zero attached hydrogens (tertiary/aromatic N) is 2. The zero-order valence-corrected chi connectivity index (χ0v) is 15.6. The molecule has 1 aromatic rings. The van der Waals surface area contributed by atoms with Crippen LogP contribution < -0.4 is 21.1 Å². The van der Waals surface area contributed by atoms with Crippen LogP contribution in [0.4, 0.5) is 11.4 Å². The Morgan fingerprint density at radius 2 is 1.80 bits per heavy atom. The molecule has 0 aliphatic heterocycles. The lowest BCUT2D eigenvalue weighted by Gasteiger charge is -2.27. The number of carbonyl (C=O) groups excluding carboxylic acids is 2. The van der Waals surface area contributed by atoms with E-state index in [1.165, 1.54) is 13.0 Å². The van der Waals surface area contributed by atoms with Crippen molar-refractivity contribution in [1.82, 2.24) is 4.90 Å². The topological polar surface area (TPSA) is 133 Å². The second kappa shape index (κ2) is 10.8. The van der Waals surface area contributed by atoms with E-state index in [9.17, 15) is 9.59 Å². The number of hydrogen-bond acceptors (Lipinski definition) is 5. The molecular weight excluding hydrogens is 348 g/mol. The lowest BCUT2D eigenvalue weighted by molar-refractivity contribution is -0.120. The van der Waals surface area contributed by atoms with E-state index in [4.69, 9.17) is 27.8 Å². The first-order valence-electron chi connectivity index (χ1n) is 7.80. The Morgan fingerprint density at radius 3 is 2.28 bits per heavy atom. The Labute approximate surface area is 153 Å². The van der Waals surface area contributed by atoms with E-state index < -0.39 is 5.91 Å². The highest BCUT2D eigenvalue weighted by Crippen LogP contribution is 2.35. The zero-order chi connectivity index (χ0) is 18.3. The fraction of sp³-hybridized carbons (Fsp3) is 0.500. The highest BCUT2D eigenvalue weighted by Gasteiger charge is 2.19. The first-order chi connectivity index (χ1) is 11.3. The number of nitrogens with two attached hydrogens (primary N) is 2. The van der Waals surface area contributed by atoms with Gasteiger partial charge in [0.05, 0.1) is 16.4 Å². The Balaban J connectivity index is 0.00000576. The van der Waals surface area contributed by atoms with Gasteiger partial charge in [-0.1, -0.05) is 25.4 Å². The summed E-state index contributed by atoms with van der Waals surface area (Å²) in [5, 5.41) is 0.311. The molecule has 8 nitrogen and oxygen atoms in total. The van der Waals surface area contributed by atoms with E-state index in [1.807, 2.05) is 0 Å². The van der Waals surface area contributed by atoms with Gasteiger partial charge in [0.1, 0.15) is 5.75 Å². The Morgan fingerprint density at radius 1 is 1.20 bits per heavy atom. The van der Waals surface area contributed by atoms with Crippen molar-refractivity contribution in [1.29, 1.82) is 0 Å². The summed E-state index contributed by atoms with van der Waals surface area (Å²) in [7, 11) is 0. The van der Waals surface area contributed by atoms with E-state index in [0.717, 1.165) is 13.1 Å². The summed E-state index contributed by atoms with van der Waals surface area (Å²) in [5.41, 5.74) is 11.7. The lowest BCUT2D eigenvalue weighted by atomic mass is 10.2. The van der Waals surface area contributed by atoms with Crippen molar-refractivity contribution < 1.29 is 19.8 Å². The van der Waals surface area contributed by atoms with E-state index in [2.05, 4.69) is 18.7 Å². The molecule has 6 N–H and O–H groups in total. The van der Waals surface area contributed by atoms with Crippen LogP contribution in [0.5, 0.6) is 5.75 Å². The van der Waals surface area contributed by atoms with E-state index in [0.29, 0.717) is 35.2 Å². The molecule has 142 valence electrons. The van der Waals surface area contributed by atoms with E-state index >= 15 is 0 Å². The van der Waals surface area contributed by atoms with Crippen LogP contribution in [0.15, 0.2) is 12.1 Å². The SMILES string of the molecule is CCN(CC)CCN(C(C)=O)c1cc(Cl)c(N)cc1OCC(N)=O.O. The van der Waals surface area contributed by atoms with Gasteiger partial charge in [0.2, 0.25) is 5.91 Å². The van der Waals surface area contributed by atoms with Gasteiger partial charge in [-0.05, 0) is 19.2 Å². The van der Waals surface area contributed by atoms with Gasteiger partial charge in [0.15, 0.2) is 6.61 Å². The van der Waals surface area contributed by atoms with Gasteiger partial charge in [-0.15, -0.1) is 0 Å². The predicted octanol–water partition coefficient (Wildman–Crippen LogP) is 0.656. The van der Waals surface area contributed by atoms with Crippen molar-refractivity contribution in [2.45, 2.75) is 20.8 Å². The van der Waals surface area contributed by atoms with Crippen LogP contribution in [-0.4, -0.2) is 55.0 Å². The fourth-order valence-electron chi connectivity index (χ4n) is 2.26. The normalized spacial score (nSPS) is 10.3. The summed E-state index contributed by atoms with van der Waals surface area (Å²) in [4.78, 5) is 26.8. The van der Waals surface area contributed by atoms with Crippen LogP contribution in [0.25, 0.3) is 0 Å². The first kappa shape index (κ1) is 23.0. The molecule has 0 aromatic heterocycles. The molecule has 25 heavy (non-hydrogen) atoms. The number of likely N-dealkylation sites (N-methyl/N-ethyl adjacent to an activating group) is 1. The number of halogens is 1. The summed E-state index contributed by atoms with van der Waals surface area (Å²) in [5.74, 6) is -0.482. The number of ether oxygens (including phenoxy) is 1. The third-order valence-electron chi connectivity index (χ3n) is 3.65. The number of rotatable bonds is 9. The summed E-state index contributed by atoms with van der Waals surface area (Å²) in [6, 6.07) is 3.06. The number of amides is 2. The smallest absolute Gasteiger partial charge is 0.255 e. The fourth-order valence-corrected chi connectivity index (χ4v) is 2.42. The van der Waals surface area contributed by atoms with Crippen LogP contribution >= 0.6 is 11.6 Å². The summed E-state index contributed by atoms with van der Waals surface area (Å²) < 4.78 is 5.40. The molecule has 1 aromatic carbocycles. The Bertz CT molecular complexity index is 594. The van der Waals surface area contributed by atoms with Crippen molar-refractivity contribution in [3.8, 4) is 5.75 Å². The average molecular weight is 375 g/mol. The van der Waals surface area contributed by atoms with Gasteiger partial charge in [-0.25, -0.2) is 0 Å². The Hall–Kier alpha value is -2.03. The van der Waals surface area contributed by atoms with Gasteiger partial charge < -0.3 is 31.5 Å². The van der Waals surface area contributed by atoms with E-state index in [-0.39, 0.29) is 18.0 Å². The molecule has 0 heterocycles. The highest BCUT2D eigenvalue weighted by atomic mass is 35.5. The minimum atomic E-state index is -0.619. The molecule has 0 unspecified atom stereocenters. The summed E-state index contributed by atoms with van der Waals surface area (Å²) >= 11 is 6.09. The Kier molecular flexibility index (Phi) is 9.88. The number of benzene rings is 1. The van der Waals surface area contributed by atoms with E-state index in [1.54, 1.807) is 11.0 Å². The third kappa shape index (κ3) is 6.77. The molecule has 2 amide bonds. The highest BCUT2D eigenvalue weighted by molar-refractivity contribution is 6.33. The largest absolute Gasteiger partial charge is 0.482 e. The molecule has 1 rings (SSSR count). The average Bonchev–Trinajstić information content (AvgIpc) is 2.52. The number of anilines is 2. The van der Waals surface area contributed by atoms with Crippen LogP contribution in [0.3, 0.4) is 0 Å². The molecule has 0 saturated heterocycles. The van der Waals surface area contributed by atoms with Crippen LogP contribution in [0, 0.1) is 0 Å². The maximum absolute atomic E-state index is 12.1. The number of carbonyl (C=O) groups is 2. The van der Waals surface area contributed by atoms with Crippen molar-refractivity contribution in [2.75, 3.05) is 43.4 Å². The minimum Gasteiger partial charge on any atom is -0.482 e. The molecule has 0 aliphatic carbocycles. The van der Waals surface area contributed by atoms with Crippen LogP contribution in [-0.2, 0) is 9.59 Å². The maximum atomic E-state index is 12.1. The molecule has 9 heteroatoms. The maximum Gasteiger partial charge on any atom is 0.255 e. The van der Waals surface area contributed by atoms with Crippen LogP contribution in [0.2, 0.25) is 5.02 Å². The third-order valence-corrected chi connectivity index (χ3v) is 3.98. The second-order valence-electron chi connectivity index (χ2n) is 5.29. The second-order valence-corrected chi connectivity index (χ2v) is 5.70. The molecular formula is C16H27ClN4O4. The van der Waals surface area contributed by atoms with Gasteiger partial charge in [-0.2, -0.15) is 0 Å². The quantitative estimate of drug-likeness (QED) is 0.612. The summed E-state index contributed by atoms with van der Waals surface area (Å²) in [6.45, 7) is 8.20. The van der Waals surface area contributed by atoms with Crippen molar-refractivity contribution in [2.24, 2.45) is 5.73 Å². The van der Waals surface area contributed by atoms with Crippen LogP contribution in [0.1, 0.15) is 20.8 Å². The first-order valence-corrected chi connectivity index (χ1v) is 8.18. The molecule has 0 aliphatic rings. The number of nitrogen functional groups attached to an aromatic ring is 1. The molecule has 0 saturated carbocycles. The van der Waals surface area contributed by atoms with Gasteiger partial charge in [-0.3, -0.25) is 9.59 Å². The molecule has 0 spiro atoms. The van der Waals surface area contributed by atoms with Gasteiger partial charge >= 0.3 is 0 Å². The summed E-state index contributed by atoms with van der Waals surface area (Å²) in [6.07, 6.45) is 0. The predicted molar refractivity (Wildman–Crippen MR) is 100.0 cm³/mol. The standard InChI is InChI=1S/C16H25ClN4O3.H2O/c1-4-20(5-2)6-7-21(11(3)22)14-8-12(17)13(18)9-15(14)24-10-16(19)23;/h8-9H,4-7,10,18H2,1-3H3,(H2,19,23);1H2. The van der Waals surface area contributed by atoms with Crippen molar-refractivity contribution in [3.63, 3.8) is 0 Å². The monoisotopic (exact) mass is 374 g/mol. The molecule has 0 bridgehead atoms. The zero-order valence-electron chi connectivity index (χ0n) is 14.8. The lowest BCUT2D eigenvalue weighted by Crippen LogP contribution is -2.38. The minimum absolute atomic E-state index is 0. The number of primary amides is 1. The van der Waals surface area contributed by atoms with Gasteiger partial charge in [0, 0.05) is 26.1 Å². The number of hydrogen-bond donors (Lipinski definition) is 2. The molecule has 0 atom stereocenters. The van der Waals surface area contributed by atoms with Crippen molar-refractivity contribution >= 4 is 34.8 Å². The van der Waals surface area contributed by atoms with Crippen molar-refractivity contribution in [3.05, 3.63) is 17.2 Å².